The largest absolute Gasteiger partial charge is 0.486 e. The van der Waals surface area contributed by atoms with E-state index in [4.69, 9.17) is 20.4 Å². The summed E-state index contributed by atoms with van der Waals surface area (Å²) in [7, 11) is 0. The van der Waals surface area contributed by atoms with Gasteiger partial charge in [0.25, 0.3) is 0 Å². The van der Waals surface area contributed by atoms with Crippen molar-refractivity contribution < 1.29 is 14.7 Å². The van der Waals surface area contributed by atoms with Crippen LogP contribution in [0.25, 0.3) is 0 Å². The van der Waals surface area contributed by atoms with Crippen LogP contribution in [0.3, 0.4) is 0 Å². The summed E-state index contributed by atoms with van der Waals surface area (Å²) in [5.41, 5.74) is 5.84. The van der Waals surface area contributed by atoms with Gasteiger partial charge in [-0.3, -0.25) is 0 Å². The first-order chi connectivity index (χ1) is 7.81. The maximum Gasteiger partial charge on any atom is 0.192 e. The Morgan fingerprint density at radius 1 is 1.69 bits per heavy atom. The van der Waals surface area contributed by atoms with Crippen molar-refractivity contribution in [3.63, 3.8) is 0 Å². The maximum absolute atomic E-state index is 8.62. The summed E-state index contributed by atoms with van der Waals surface area (Å²) < 4.78 is 10.9. The second kappa shape index (κ2) is 4.80. The van der Waals surface area contributed by atoms with Gasteiger partial charge in [0.15, 0.2) is 11.5 Å². The van der Waals surface area contributed by atoms with Gasteiger partial charge in [-0.2, -0.15) is 0 Å². The van der Waals surface area contributed by atoms with Crippen molar-refractivity contribution in [3.8, 4) is 5.75 Å². The molecule has 6 nitrogen and oxygen atoms in total. The standard InChI is InChI=1S/C10H13N3O3/c11-10(13-14)9-8(2-1-4-12-9)16-7-3-5-15-6-7/h1-2,4,7,14H,3,5-6H2,(H2,11,13). The van der Waals surface area contributed by atoms with Crippen LogP contribution in [0.1, 0.15) is 12.1 Å². The number of nitrogens with two attached hydrogens (primary N) is 1. The molecule has 2 heterocycles. The van der Waals surface area contributed by atoms with Crippen LogP contribution in [0.2, 0.25) is 0 Å². The Labute approximate surface area is 92.7 Å². The first kappa shape index (κ1) is 10.7. The van der Waals surface area contributed by atoms with E-state index in [0.29, 0.717) is 24.7 Å². The number of hydrogen-bond donors (Lipinski definition) is 2. The SMILES string of the molecule is N/C(=N/O)c1ncccc1OC1CCOC1. The zero-order chi connectivity index (χ0) is 11.4. The summed E-state index contributed by atoms with van der Waals surface area (Å²) in [6.45, 7) is 1.26. The van der Waals surface area contributed by atoms with E-state index in [1.54, 1.807) is 18.3 Å². The van der Waals surface area contributed by atoms with Gasteiger partial charge >= 0.3 is 0 Å². The monoisotopic (exact) mass is 223 g/mol. The van der Waals surface area contributed by atoms with Gasteiger partial charge in [0.05, 0.1) is 13.2 Å². The smallest absolute Gasteiger partial charge is 0.192 e. The Morgan fingerprint density at radius 3 is 3.25 bits per heavy atom. The Morgan fingerprint density at radius 2 is 2.56 bits per heavy atom. The minimum Gasteiger partial charge on any atom is -0.486 e. The summed E-state index contributed by atoms with van der Waals surface area (Å²) >= 11 is 0. The molecule has 0 bridgehead atoms. The molecule has 1 aliphatic heterocycles. The highest BCUT2D eigenvalue weighted by molar-refractivity contribution is 5.97. The fraction of sp³-hybridized carbons (Fsp3) is 0.400. The summed E-state index contributed by atoms with van der Waals surface area (Å²) in [5.74, 6) is 0.447. The highest BCUT2D eigenvalue weighted by atomic mass is 16.5. The number of aromatic nitrogens is 1. The van der Waals surface area contributed by atoms with E-state index in [9.17, 15) is 0 Å². The van der Waals surface area contributed by atoms with Crippen molar-refractivity contribution >= 4 is 5.84 Å². The first-order valence-corrected chi connectivity index (χ1v) is 4.98. The number of rotatable bonds is 3. The third-order valence-corrected chi connectivity index (χ3v) is 2.30. The van der Waals surface area contributed by atoms with E-state index >= 15 is 0 Å². The van der Waals surface area contributed by atoms with Crippen LogP contribution in [0.15, 0.2) is 23.5 Å². The Hall–Kier alpha value is -1.82. The molecule has 1 unspecified atom stereocenters. The fourth-order valence-corrected chi connectivity index (χ4v) is 1.51. The fourth-order valence-electron chi connectivity index (χ4n) is 1.51. The van der Waals surface area contributed by atoms with Gasteiger partial charge < -0.3 is 20.4 Å². The average molecular weight is 223 g/mol. The summed E-state index contributed by atoms with van der Waals surface area (Å²) in [5, 5.41) is 11.5. The van der Waals surface area contributed by atoms with Crippen LogP contribution in [0, 0.1) is 0 Å². The molecule has 2 rings (SSSR count). The normalized spacial score (nSPS) is 21.0. The topological polar surface area (TPSA) is 90.0 Å². The maximum atomic E-state index is 8.62. The van der Waals surface area contributed by atoms with E-state index in [1.807, 2.05) is 0 Å². The van der Waals surface area contributed by atoms with Gasteiger partial charge in [-0.25, -0.2) is 4.98 Å². The van der Waals surface area contributed by atoms with Gasteiger partial charge in [-0.05, 0) is 12.1 Å². The molecule has 3 N–H and O–H groups in total. The molecule has 0 radical (unpaired) electrons. The van der Waals surface area contributed by atoms with Gasteiger partial charge in [0, 0.05) is 12.6 Å². The first-order valence-electron chi connectivity index (χ1n) is 4.98. The number of pyridine rings is 1. The number of nitrogens with zero attached hydrogens (tertiary/aromatic N) is 2. The van der Waals surface area contributed by atoms with Crippen LogP contribution in [-0.4, -0.2) is 35.3 Å². The molecular weight excluding hydrogens is 210 g/mol. The van der Waals surface area contributed by atoms with Crippen molar-refractivity contribution in [1.82, 2.24) is 4.98 Å². The lowest BCUT2D eigenvalue weighted by Gasteiger charge is -2.13. The lowest BCUT2D eigenvalue weighted by atomic mass is 10.3. The Kier molecular flexibility index (Phi) is 3.21. The average Bonchev–Trinajstić information content (AvgIpc) is 2.82. The van der Waals surface area contributed by atoms with Gasteiger partial charge in [0.2, 0.25) is 0 Å². The van der Waals surface area contributed by atoms with Crippen molar-refractivity contribution in [3.05, 3.63) is 24.0 Å². The highest BCUT2D eigenvalue weighted by Gasteiger charge is 2.19. The molecule has 0 spiro atoms. The molecule has 0 aromatic carbocycles. The molecule has 1 fully saturated rings. The summed E-state index contributed by atoms with van der Waals surface area (Å²) in [6.07, 6.45) is 2.41. The summed E-state index contributed by atoms with van der Waals surface area (Å²) in [4.78, 5) is 4.01. The van der Waals surface area contributed by atoms with Crippen LogP contribution in [0.5, 0.6) is 5.75 Å². The van der Waals surface area contributed by atoms with Crippen LogP contribution >= 0.6 is 0 Å². The van der Waals surface area contributed by atoms with E-state index in [1.165, 1.54) is 0 Å². The Balaban J connectivity index is 2.19. The van der Waals surface area contributed by atoms with Gasteiger partial charge in [-0.1, -0.05) is 5.16 Å². The molecule has 1 atom stereocenters. The number of oxime groups is 1. The van der Waals surface area contributed by atoms with Crippen LogP contribution in [0.4, 0.5) is 0 Å². The van der Waals surface area contributed by atoms with Crippen molar-refractivity contribution in [1.29, 1.82) is 0 Å². The number of ether oxygens (including phenoxy) is 2. The van der Waals surface area contributed by atoms with Crippen molar-refractivity contribution in [2.75, 3.05) is 13.2 Å². The molecule has 1 aliphatic rings. The predicted octanol–water partition coefficient (Wildman–Crippen LogP) is 0.344. The molecular formula is C10H13N3O3. The molecule has 0 amide bonds. The van der Waals surface area contributed by atoms with E-state index < -0.39 is 0 Å². The van der Waals surface area contributed by atoms with E-state index in [-0.39, 0.29) is 11.9 Å². The second-order valence-corrected chi connectivity index (χ2v) is 3.44. The van der Waals surface area contributed by atoms with Gasteiger partial charge in [0.1, 0.15) is 11.9 Å². The zero-order valence-electron chi connectivity index (χ0n) is 8.67. The minimum atomic E-state index is -0.0606. The zero-order valence-corrected chi connectivity index (χ0v) is 8.67. The summed E-state index contributed by atoms with van der Waals surface area (Å²) in [6, 6.07) is 3.47. The predicted molar refractivity (Wildman–Crippen MR) is 56.6 cm³/mol. The van der Waals surface area contributed by atoms with E-state index in [0.717, 1.165) is 6.42 Å². The highest BCUT2D eigenvalue weighted by Crippen LogP contribution is 2.19. The van der Waals surface area contributed by atoms with Gasteiger partial charge in [-0.15, -0.1) is 0 Å². The molecule has 0 saturated carbocycles. The van der Waals surface area contributed by atoms with Crippen molar-refractivity contribution in [2.45, 2.75) is 12.5 Å². The number of hydrogen-bond acceptors (Lipinski definition) is 5. The number of amidine groups is 1. The van der Waals surface area contributed by atoms with E-state index in [2.05, 4.69) is 10.1 Å². The molecule has 0 aliphatic carbocycles. The van der Waals surface area contributed by atoms with Crippen molar-refractivity contribution in [2.24, 2.45) is 10.9 Å². The third-order valence-electron chi connectivity index (χ3n) is 2.30. The molecule has 16 heavy (non-hydrogen) atoms. The quantitative estimate of drug-likeness (QED) is 0.334. The lowest BCUT2D eigenvalue weighted by Crippen LogP contribution is -2.21. The molecule has 6 heteroatoms. The van der Waals surface area contributed by atoms with Crippen LogP contribution in [-0.2, 0) is 4.74 Å². The van der Waals surface area contributed by atoms with Crippen LogP contribution < -0.4 is 10.5 Å². The Bertz CT molecular complexity index is 389. The molecule has 86 valence electrons. The molecule has 1 aromatic rings. The second-order valence-electron chi connectivity index (χ2n) is 3.44. The lowest BCUT2D eigenvalue weighted by molar-refractivity contribution is 0.141. The third kappa shape index (κ3) is 2.22. The molecule has 1 saturated heterocycles. The minimum absolute atomic E-state index is 0.00874. The molecule has 1 aromatic heterocycles.